The average molecular weight is 399 g/mol. The second kappa shape index (κ2) is 8.84. The summed E-state index contributed by atoms with van der Waals surface area (Å²) in [5.41, 5.74) is 8.28. The molecule has 3 aliphatic heterocycles. The summed E-state index contributed by atoms with van der Waals surface area (Å²) in [5.74, 6) is 1.24. The molecule has 158 valence electrons. The zero-order chi connectivity index (χ0) is 20.4. The first-order valence-corrected chi connectivity index (χ1v) is 11.1. The maximum absolute atomic E-state index is 12.8. The van der Waals surface area contributed by atoms with Gasteiger partial charge in [0.15, 0.2) is 0 Å². The molecule has 3 N–H and O–H groups in total. The summed E-state index contributed by atoms with van der Waals surface area (Å²) in [6.07, 6.45) is 4.85. The number of fused-ring (bicyclic) bond motifs is 4. The van der Waals surface area contributed by atoms with Crippen LogP contribution in [-0.2, 0) is 22.6 Å². The number of nitrogens with zero attached hydrogens (tertiary/aromatic N) is 2. The molecule has 6 heteroatoms. The molecule has 6 nitrogen and oxygen atoms in total. The van der Waals surface area contributed by atoms with Crippen molar-refractivity contribution in [3.05, 3.63) is 35.4 Å². The maximum Gasteiger partial charge on any atom is 0.223 e. The number of nitrogens with two attached hydrogens (primary N) is 1. The molecule has 29 heavy (non-hydrogen) atoms. The van der Waals surface area contributed by atoms with Gasteiger partial charge in [0.25, 0.3) is 0 Å². The molecule has 3 aliphatic rings. The van der Waals surface area contributed by atoms with Gasteiger partial charge in [0.1, 0.15) is 0 Å². The van der Waals surface area contributed by atoms with Crippen molar-refractivity contribution in [3.63, 3.8) is 0 Å². The van der Waals surface area contributed by atoms with Crippen LogP contribution in [0.1, 0.15) is 43.7 Å². The summed E-state index contributed by atoms with van der Waals surface area (Å²) in [6.45, 7) is 5.81. The monoisotopic (exact) mass is 398 g/mol. The molecule has 2 amide bonds. The van der Waals surface area contributed by atoms with Crippen molar-refractivity contribution in [1.29, 1.82) is 0 Å². The Morgan fingerprint density at radius 3 is 2.62 bits per heavy atom. The van der Waals surface area contributed by atoms with Crippen molar-refractivity contribution in [2.24, 2.45) is 17.6 Å². The lowest BCUT2D eigenvalue weighted by molar-refractivity contribution is -0.153. The van der Waals surface area contributed by atoms with Crippen LogP contribution in [0.4, 0.5) is 0 Å². The van der Waals surface area contributed by atoms with E-state index in [0.717, 1.165) is 38.9 Å². The Labute approximate surface area is 173 Å². The van der Waals surface area contributed by atoms with Gasteiger partial charge in [-0.2, -0.15) is 0 Å². The van der Waals surface area contributed by atoms with Crippen molar-refractivity contribution >= 4 is 11.8 Å². The van der Waals surface area contributed by atoms with Crippen molar-refractivity contribution in [2.45, 2.75) is 57.7 Å². The van der Waals surface area contributed by atoms with Crippen molar-refractivity contribution in [1.82, 2.24) is 15.1 Å². The minimum atomic E-state index is -0.0154. The highest BCUT2D eigenvalue weighted by Crippen LogP contribution is 2.41. The molecule has 3 saturated heterocycles. The van der Waals surface area contributed by atoms with Gasteiger partial charge < -0.3 is 16.0 Å². The van der Waals surface area contributed by atoms with E-state index in [9.17, 15) is 9.59 Å². The molecule has 1 aromatic carbocycles. The first-order chi connectivity index (χ1) is 14.0. The summed E-state index contributed by atoms with van der Waals surface area (Å²) in [7, 11) is 0. The number of carbonyl (C=O) groups excluding carboxylic acids is 2. The highest BCUT2D eigenvalue weighted by Gasteiger charge is 2.49. The maximum atomic E-state index is 12.8. The number of amides is 2. The van der Waals surface area contributed by atoms with Crippen molar-refractivity contribution in [3.8, 4) is 0 Å². The topological polar surface area (TPSA) is 78.7 Å². The zero-order valence-corrected chi connectivity index (χ0v) is 17.5. The number of carbonyl (C=O) groups is 2. The molecule has 4 atom stereocenters. The lowest BCUT2D eigenvalue weighted by Gasteiger charge is -2.56. The molecule has 0 aromatic heterocycles. The van der Waals surface area contributed by atoms with Crippen LogP contribution in [0.15, 0.2) is 24.3 Å². The second-order valence-electron chi connectivity index (χ2n) is 9.07. The van der Waals surface area contributed by atoms with Crippen LogP contribution in [0.25, 0.3) is 0 Å². The van der Waals surface area contributed by atoms with E-state index < -0.39 is 0 Å². The lowest BCUT2D eigenvalue weighted by atomic mass is 9.72. The number of benzene rings is 1. The molecular formula is C23H34N4O2. The minimum absolute atomic E-state index is 0.0154. The van der Waals surface area contributed by atoms with Crippen LogP contribution in [0.2, 0.25) is 0 Å². The van der Waals surface area contributed by atoms with Gasteiger partial charge in [0.05, 0.1) is 6.04 Å². The quantitative estimate of drug-likeness (QED) is 0.762. The number of likely N-dealkylation sites (tertiary alicyclic amines) is 1. The molecule has 0 spiro atoms. The smallest absolute Gasteiger partial charge is 0.223 e. The average Bonchev–Trinajstić information content (AvgIpc) is 2.70. The van der Waals surface area contributed by atoms with Gasteiger partial charge in [0, 0.05) is 45.6 Å². The van der Waals surface area contributed by atoms with Gasteiger partial charge in [-0.1, -0.05) is 24.3 Å². The zero-order valence-electron chi connectivity index (χ0n) is 17.5. The van der Waals surface area contributed by atoms with E-state index in [-0.39, 0.29) is 17.9 Å². The van der Waals surface area contributed by atoms with Crippen LogP contribution >= 0.6 is 0 Å². The number of hydrogen-bond donors (Lipinski definition) is 2. The Hall–Kier alpha value is -1.92. The second-order valence-corrected chi connectivity index (χ2v) is 9.07. The predicted molar refractivity (Wildman–Crippen MR) is 113 cm³/mol. The SMILES string of the molecule is CC(=O)NC[C@H]1[C@H]2C[C@H](CN(Cc3ccc(CCN)cc3)C2)[C@@H]2CCCC(=O)N21. The number of nitrogens with one attached hydrogen (secondary N) is 1. The molecule has 0 unspecified atom stereocenters. The Bertz CT molecular complexity index is 735. The minimum Gasteiger partial charge on any atom is -0.354 e. The van der Waals surface area contributed by atoms with Crippen LogP contribution in [0, 0.1) is 11.8 Å². The molecule has 4 rings (SSSR count). The van der Waals surface area contributed by atoms with E-state index in [2.05, 4.69) is 39.4 Å². The fourth-order valence-corrected chi connectivity index (χ4v) is 5.75. The predicted octanol–water partition coefficient (Wildman–Crippen LogP) is 1.53. The first kappa shape index (κ1) is 20.4. The fraction of sp³-hybridized carbons (Fsp3) is 0.652. The van der Waals surface area contributed by atoms with Gasteiger partial charge in [-0.05, 0) is 55.2 Å². The van der Waals surface area contributed by atoms with E-state index in [4.69, 9.17) is 5.73 Å². The highest BCUT2D eigenvalue weighted by atomic mass is 16.2. The van der Waals surface area contributed by atoms with E-state index in [1.165, 1.54) is 17.5 Å². The summed E-state index contributed by atoms with van der Waals surface area (Å²) in [6, 6.07) is 9.28. The number of piperidine rings is 3. The van der Waals surface area contributed by atoms with Gasteiger partial charge in [-0.3, -0.25) is 14.5 Å². The third kappa shape index (κ3) is 4.48. The summed E-state index contributed by atoms with van der Waals surface area (Å²) in [4.78, 5) is 29.0. The highest BCUT2D eigenvalue weighted by molar-refractivity contribution is 5.78. The van der Waals surface area contributed by atoms with Crippen molar-refractivity contribution < 1.29 is 9.59 Å². The molecule has 2 bridgehead atoms. The Balaban J connectivity index is 1.48. The molecule has 1 aromatic rings. The van der Waals surface area contributed by atoms with E-state index in [1.807, 2.05) is 0 Å². The molecule has 3 heterocycles. The molecule has 0 aliphatic carbocycles. The largest absolute Gasteiger partial charge is 0.354 e. The Morgan fingerprint density at radius 2 is 1.90 bits per heavy atom. The summed E-state index contributed by atoms with van der Waals surface area (Å²) >= 11 is 0. The lowest BCUT2D eigenvalue weighted by Crippen LogP contribution is -2.66. The fourth-order valence-electron chi connectivity index (χ4n) is 5.75. The van der Waals surface area contributed by atoms with Crippen molar-refractivity contribution in [2.75, 3.05) is 26.2 Å². The summed E-state index contributed by atoms with van der Waals surface area (Å²) in [5, 5.41) is 2.99. The van der Waals surface area contributed by atoms with Crippen LogP contribution in [0.3, 0.4) is 0 Å². The van der Waals surface area contributed by atoms with Gasteiger partial charge >= 0.3 is 0 Å². The standard InChI is InChI=1S/C23H34N4O2/c1-16(28)25-12-22-20-11-19(21-3-2-4-23(29)27(21)22)14-26(15-20)13-18-7-5-17(6-8-18)9-10-24/h5-8,19-22H,2-4,9-15,24H2,1H3,(H,25,28)/t19-,20+,21+,22+/m1/s1. The normalized spacial score (nSPS) is 29.4. The van der Waals surface area contributed by atoms with Crippen LogP contribution < -0.4 is 11.1 Å². The van der Waals surface area contributed by atoms with Gasteiger partial charge in [-0.25, -0.2) is 0 Å². The van der Waals surface area contributed by atoms with Crippen LogP contribution in [0.5, 0.6) is 0 Å². The van der Waals surface area contributed by atoms with Crippen LogP contribution in [-0.4, -0.2) is 59.9 Å². The first-order valence-electron chi connectivity index (χ1n) is 11.1. The number of hydrogen-bond acceptors (Lipinski definition) is 4. The molecule has 3 fully saturated rings. The number of rotatable bonds is 6. The van der Waals surface area contributed by atoms with Gasteiger partial charge in [0.2, 0.25) is 11.8 Å². The summed E-state index contributed by atoms with van der Waals surface area (Å²) < 4.78 is 0. The van der Waals surface area contributed by atoms with E-state index in [1.54, 1.807) is 6.92 Å². The third-order valence-electron chi connectivity index (χ3n) is 6.99. The van der Waals surface area contributed by atoms with E-state index in [0.29, 0.717) is 37.4 Å². The molecular weight excluding hydrogens is 364 g/mol. The Morgan fingerprint density at radius 1 is 1.17 bits per heavy atom. The molecule has 0 saturated carbocycles. The van der Waals surface area contributed by atoms with Gasteiger partial charge in [-0.15, -0.1) is 0 Å². The Kier molecular flexibility index (Phi) is 6.20. The molecule has 0 radical (unpaired) electrons. The third-order valence-corrected chi connectivity index (χ3v) is 6.99. The van der Waals surface area contributed by atoms with E-state index >= 15 is 0 Å².